The van der Waals surface area contributed by atoms with Crippen LogP contribution in [0.5, 0.6) is 0 Å². The summed E-state index contributed by atoms with van der Waals surface area (Å²) in [5.41, 5.74) is 1.05. The molecule has 0 atom stereocenters. The molecule has 21 heavy (non-hydrogen) atoms. The molecule has 0 bridgehead atoms. The van der Waals surface area contributed by atoms with Gasteiger partial charge in [0.25, 0.3) is 0 Å². The summed E-state index contributed by atoms with van der Waals surface area (Å²) >= 11 is 0. The van der Waals surface area contributed by atoms with Crippen molar-refractivity contribution in [3.8, 4) is 0 Å². The second-order valence-corrected chi connectivity index (χ2v) is 6.22. The molecule has 0 aromatic heterocycles. The predicted octanol–water partition coefficient (Wildman–Crippen LogP) is 1.18. The van der Waals surface area contributed by atoms with Gasteiger partial charge in [0.1, 0.15) is 5.82 Å². The van der Waals surface area contributed by atoms with E-state index in [2.05, 4.69) is 10.6 Å². The Bertz CT molecular complexity index is 551. The Labute approximate surface area is 123 Å². The lowest BCUT2D eigenvalue weighted by atomic mass is 10.1. The van der Waals surface area contributed by atoms with E-state index < -0.39 is 17.6 Å². The van der Waals surface area contributed by atoms with E-state index in [0.29, 0.717) is 6.54 Å². The highest BCUT2D eigenvalue weighted by molar-refractivity contribution is 6.02. The number of nitrogens with one attached hydrogen (secondary N) is 2. The molecule has 5 nitrogen and oxygen atoms in total. The van der Waals surface area contributed by atoms with Crippen LogP contribution in [0.4, 0.5) is 10.1 Å². The van der Waals surface area contributed by atoms with Gasteiger partial charge in [-0.3, -0.25) is 14.9 Å². The van der Waals surface area contributed by atoms with Crippen molar-refractivity contribution in [3.05, 3.63) is 29.6 Å². The van der Waals surface area contributed by atoms with Crippen LogP contribution >= 0.6 is 0 Å². The summed E-state index contributed by atoms with van der Waals surface area (Å²) in [6.45, 7) is 6.64. The number of benzene rings is 1. The second kappa shape index (κ2) is 5.81. The molecule has 0 spiro atoms. The second-order valence-electron chi connectivity index (χ2n) is 6.22. The predicted molar refractivity (Wildman–Crippen MR) is 78.4 cm³/mol. The zero-order valence-electron chi connectivity index (χ0n) is 12.5. The molecule has 0 aliphatic carbocycles. The number of imide groups is 1. The van der Waals surface area contributed by atoms with Gasteiger partial charge in [0.2, 0.25) is 11.8 Å². The monoisotopic (exact) mass is 293 g/mol. The number of nitrogens with zero attached hydrogens (tertiary/aromatic N) is 1. The maximum Gasteiger partial charge on any atom is 0.246 e. The molecular formula is C15H20FN3O2. The highest BCUT2D eigenvalue weighted by Crippen LogP contribution is 2.21. The Morgan fingerprint density at radius 1 is 1.24 bits per heavy atom. The number of amides is 2. The summed E-state index contributed by atoms with van der Waals surface area (Å²) < 4.78 is 14.2. The lowest BCUT2D eigenvalue weighted by Gasteiger charge is -2.28. The Hall–Kier alpha value is -1.95. The molecule has 1 heterocycles. The van der Waals surface area contributed by atoms with Gasteiger partial charge < -0.3 is 10.2 Å². The maximum absolute atomic E-state index is 14.2. The Morgan fingerprint density at radius 2 is 1.86 bits per heavy atom. The lowest BCUT2D eigenvalue weighted by molar-refractivity contribution is -0.130. The SMILES string of the molecule is CC(C)(C)NCc1ccc(N2CC(=O)NC(=O)C2)c(F)c1. The smallest absolute Gasteiger partial charge is 0.246 e. The quantitative estimate of drug-likeness (QED) is 0.822. The van der Waals surface area contributed by atoms with E-state index in [9.17, 15) is 14.0 Å². The fourth-order valence-electron chi connectivity index (χ4n) is 2.09. The van der Waals surface area contributed by atoms with E-state index in [1.807, 2.05) is 20.8 Å². The minimum atomic E-state index is -0.425. The molecule has 1 aliphatic heterocycles. The molecule has 0 saturated carbocycles. The van der Waals surface area contributed by atoms with E-state index in [-0.39, 0.29) is 24.3 Å². The molecule has 0 radical (unpaired) electrons. The fraction of sp³-hybridized carbons (Fsp3) is 0.467. The average molecular weight is 293 g/mol. The van der Waals surface area contributed by atoms with Crippen LogP contribution in [0.25, 0.3) is 0 Å². The minimum Gasteiger partial charge on any atom is -0.351 e. The van der Waals surface area contributed by atoms with Gasteiger partial charge in [0, 0.05) is 12.1 Å². The van der Waals surface area contributed by atoms with Crippen molar-refractivity contribution in [2.24, 2.45) is 0 Å². The van der Waals surface area contributed by atoms with Crippen LogP contribution in [0, 0.1) is 5.82 Å². The lowest BCUT2D eigenvalue weighted by Crippen LogP contribution is -2.51. The first-order chi connectivity index (χ1) is 9.74. The summed E-state index contributed by atoms with van der Waals surface area (Å²) in [6.07, 6.45) is 0. The summed E-state index contributed by atoms with van der Waals surface area (Å²) in [5, 5.41) is 5.47. The third-order valence-corrected chi connectivity index (χ3v) is 3.12. The molecular weight excluding hydrogens is 273 g/mol. The van der Waals surface area contributed by atoms with E-state index in [1.54, 1.807) is 12.1 Å². The van der Waals surface area contributed by atoms with Crippen molar-refractivity contribution in [3.63, 3.8) is 0 Å². The molecule has 1 saturated heterocycles. The van der Waals surface area contributed by atoms with Gasteiger partial charge in [-0.05, 0) is 38.5 Å². The molecule has 2 N–H and O–H groups in total. The van der Waals surface area contributed by atoms with Crippen LogP contribution in [-0.2, 0) is 16.1 Å². The topological polar surface area (TPSA) is 61.4 Å². The molecule has 1 aromatic carbocycles. The van der Waals surface area contributed by atoms with Gasteiger partial charge in [0.05, 0.1) is 18.8 Å². The highest BCUT2D eigenvalue weighted by atomic mass is 19.1. The molecule has 1 aliphatic rings. The van der Waals surface area contributed by atoms with E-state index in [4.69, 9.17) is 0 Å². The van der Waals surface area contributed by atoms with Crippen molar-refractivity contribution in [1.29, 1.82) is 0 Å². The summed E-state index contributed by atoms with van der Waals surface area (Å²) in [6, 6.07) is 4.85. The first kappa shape index (κ1) is 15.4. The normalized spacial score (nSPS) is 16.1. The van der Waals surface area contributed by atoms with Crippen molar-refractivity contribution in [2.75, 3.05) is 18.0 Å². The number of anilines is 1. The Kier molecular flexibility index (Phi) is 4.27. The number of carbonyl (C=O) groups is 2. The standard InChI is InChI=1S/C15H20FN3O2/c1-15(2,3)17-7-10-4-5-12(11(16)6-10)19-8-13(20)18-14(21)9-19/h4-6,17H,7-9H2,1-3H3,(H,18,20,21). The van der Waals surface area contributed by atoms with Crippen LogP contribution in [-0.4, -0.2) is 30.4 Å². The van der Waals surface area contributed by atoms with E-state index >= 15 is 0 Å². The molecule has 1 fully saturated rings. The molecule has 114 valence electrons. The van der Waals surface area contributed by atoms with Crippen molar-refractivity contribution < 1.29 is 14.0 Å². The van der Waals surface area contributed by atoms with Crippen LogP contribution in [0.2, 0.25) is 0 Å². The summed E-state index contributed by atoms with van der Waals surface area (Å²) in [4.78, 5) is 24.1. The first-order valence-corrected chi connectivity index (χ1v) is 6.86. The number of rotatable bonds is 3. The van der Waals surface area contributed by atoms with Crippen molar-refractivity contribution >= 4 is 17.5 Å². The average Bonchev–Trinajstić information content (AvgIpc) is 2.34. The first-order valence-electron chi connectivity index (χ1n) is 6.86. The number of carbonyl (C=O) groups excluding carboxylic acids is 2. The minimum absolute atomic E-state index is 0.0117. The molecule has 1 aromatic rings. The van der Waals surface area contributed by atoms with Crippen LogP contribution in [0.15, 0.2) is 18.2 Å². The third-order valence-electron chi connectivity index (χ3n) is 3.12. The van der Waals surface area contributed by atoms with Gasteiger partial charge in [-0.15, -0.1) is 0 Å². The third kappa shape index (κ3) is 4.26. The van der Waals surface area contributed by atoms with Gasteiger partial charge >= 0.3 is 0 Å². The fourth-order valence-corrected chi connectivity index (χ4v) is 2.09. The van der Waals surface area contributed by atoms with Crippen LogP contribution in [0.1, 0.15) is 26.3 Å². The van der Waals surface area contributed by atoms with Gasteiger partial charge in [0.15, 0.2) is 0 Å². The van der Waals surface area contributed by atoms with Crippen molar-refractivity contribution in [2.45, 2.75) is 32.9 Å². The van der Waals surface area contributed by atoms with E-state index in [0.717, 1.165) is 5.56 Å². The molecule has 2 rings (SSSR count). The molecule has 0 unspecified atom stereocenters. The number of hydrogen-bond acceptors (Lipinski definition) is 4. The number of piperazine rings is 1. The summed E-state index contributed by atoms with van der Waals surface area (Å²) in [7, 11) is 0. The molecule has 2 amide bonds. The number of hydrogen-bond donors (Lipinski definition) is 2. The van der Waals surface area contributed by atoms with Crippen molar-refractivity contribution in [1.82, 2.24) is 10.6 Å². The van der Waals surface area contributed by atoms with Crippen LogP contribution in [0.3, 0.4) is 0 Å². The van der Waals surface area contributed by atoms with Gasteiger partial charge in [-0.1, -0.05) is 6.07 Å². The van der Waals surface area contributed by atoms with Crippen LogP contribution < -0.4 is 15.5 Å². The van der Waals surface area contributed by atoms with E-state index in [1.165, 1.54) is 11.0 Å². The number of halogens is 1. The Morgan fingerprint density at radius 3 is 2.38 bits per heavy atom. The highest BCUT2D eigenvalue weighted by Gasteiger charge is 2.24. The van der Waals surface area contributed by atoms with Gasteiger partial charge in [-0.2, -0.15) is 0 Å². The summed E-state index contributed by atoms with van der Waals surface area (Å²) in [5.74, 6) is -1.25. The maximum atomic E-state index is 14.2. The zero-order chi connectivity index (χ0) is 15.6. The largest absolute Gasteiger partial charge is 0.351 e. The zero-order valence-corrected chi connectivity index (χ0v) is 12.5. The van der Waals surface area contributed by atoms with Gasteiger partial charge in [-0.25, -0.2) is 4.39 Å². The Balaban J connectivity index is 2.12. The molecule has 6 heteroatoms.